The monoisotopic (exact) mass is 329 g/mol. The molecule has 24 heavy (non-hydrogen) atoms. The first-order valence-electron chi connectivity index (χ1n) is 9.05. The number of carbonyl (C=O) groups is 2. The van der Waals surface area contributed by atoms with E-state index in [1.165, 1.54) is 19.3 Å². The highest BCUT2D eigenvalue weighted by molar-refractivity contribution is 5.96. The van der Waals surface area contributed by atoms with Gasteiger partial charge in [-0.25, -0.2) is 0 Å². The summed E-state index contributed by atoms with van der Waals surface area (Å²) in [5, 5.41) is 6.04. The lowest BCUT2D eigenvalue weighted by Crippen LogP contribution is -2.42. The molecule has 0 aromatic heterocycles. The predicted molar refractivity (Wildman–Crippen MR) is 95.0 cm³/mol. The maximum Gasteiger partial charge on any atom is 0.254 e. The molecule has 130 valence electrons. The molecule has 5 nitrogen and oxygen atoms in total. The Kier molecular flexibility index (Phi) is 5.51. The summed E-state index contributed by atoms with van der Waals surface area (Å²) in [6, 6.07) is 7.53. The van der Waals surface area contributed by atoms with Crippen LogP contribution in [0.5, 0.6) is 0 Å². The van der Waals surface area contributed by atoms with Crippen LogP contribution < -0.4 is 10.6 Å². The van der Waals surface area contributed by atoms with Gasteiger partial charge in [0.2, 0.25) is 5.91 Å². The average molecular weight is 329 g/mol. The van der Waals surface area contributed by atoms with Gasteiger partial charge in [-0.1, -0.05) is 0 Å². The van der Waals surface area contributed by atoms with Gasteiger partial charge in [-0.3, -0.25) is 9.59 Å². The molecule has 1 aromatic rings. The van der Waals surface area contributed by atoms with E-state index >= 15 is 0 Å². The number of benzene rings is 1. The molecular weight excluding hydrogens is 302 g/mol. The molecule has 1 saturated carbocycles. The summed E-state index contributed by atoms with van der Waals surface area (Å²) in [5.74, 6) is 0.811. The standard InChI is InChI=1S/C19H27N3O2/c1-14-4-2-3-11-22(14)19(24)16-7-9-17(10-8-16)21-18(23)13-20-12-15-5-6-15/h7-10,14-15,20H,2-6,11-13H2,1H3,(H,21,23). The lowest BCUT2D eigenvalue weighted by molar-refractivity contribution is -0.115. The van der Waals surface area contributed by atoms with Crippen molar-refractivity contribution in [3.05, 3.63) is 29.8 Å². The van der Waals surface area contributed by atoms with Crippen LogP contribution in [0, 0.1) is 5.92 Å². The second-order valence-corrected chi connectivity index (χ2v) is 7.04. The third-order valence-corrected chi connectivity index (χ3v) is 4.89. The molecule has 2 N–H and O–H groups in total. The second-order valence-electron chi connectivity index (χ2n) is 7.04. The van der Waals surface area contributed by atoms with Gasteiger partial charge >= 0.3 is 0 Å². The molecule has 1 aliphatic carbocycles. The Hall–Kier alpha value is -1.88. The summed E-state index contributed by atoms with van der Waals surface area (Å²) < 4.78 is 0. The maximum absolute atomic E-state index is 12.6. The fourth-order valence-electron chi connectivity index (χ4n) is 3.18. The average Bonchev–Trinajstić information content (AvgIpc) is 3.40. The molecule has 2 fully saturated rings. The van der Waals surface area contributed by atoms with E-state index in [9.17, 15) is 9.59 Å². The minimum Gasteiger partial charge on any atom is -0.336 e. The number of nitrogens with zero attached hydrogens (tertiary/aromatic N) is 1. The summed E-state index contributed by atoms with van der Waals surface area (Å²) in [4.78, 5) is 26.4. The van der Waals surface area contributed by atoms with Crippen LogP contribution in [0.4, 0.5) is 5.69 Å². The van der Waals surface area contributed by atoms with Crippen LogP contribution in [0.25, 0.3) is 0 Å². The highest BCUT2D eigenvalue weighted by Gasteiger charge is 2.24. The lowest BCUT2D eigenvalue weighted by atomic mass is 10.0. The summed E-state index contributed by atoms with van der Waals surface area (Å²) in [6.07, 6.45) is 5.91. The molecule has 5 heteroatoms. The SMILES string of the molecule is CC1CCCCN1C(=O)c1ccc(NC(=O)CNCC2CC2)cc1. The molecule has 3 rings (SSSR count). The van der Waals surface area contributed by atoms with E-state index in [4.69, 9.17) is 0 Å². The number of nitrogens with one attached hydrogen (secondary N) is 2. The van der Waals surface area contributed by atoms with Crippen molar-refractivity contribution in [3.8, 4) is 0 Å². The highest BCUT2D eigenvalue weighted by atomic mass is 16.2. The smallest absolute Gasteiger partial charge is 0.254 e. The lowest BCUT2D eigenvalue weighted by Gasteiger charge is -2.33. The molecular formula is C19H27N3O2. The van der Waals surface area contributed by atoms with Crippen LogP contribution in [0.1, 0.15) is 49.4 Å². The molecule has 1 heterocycles. The summed E-state index contributed by atoms with van der Waals surface area (Å²) >= 11 is 0. The van der Waals surface area contributed by atoms with Crippen LogP contribution >= 0.6 is 0 Å². The van der Waals surface area contributed by atoms with Crippen LogP contribution in [-0.2, 0) is 4.79 Å². The fourth-order valence-corrected chi connectivity index (χ4v) is 3.18. The highest BCUT2D eigenvalue weighted by Crippen LogP contribution is 2.27. The Balaban J connectivity index is 1.50. The van der Waals surface area contributed by atoms with Gasteiger partial charge in [0.25, 0.3) is 5.91 Å². The van der Waals surface area contributed by atoms with E-state index in [2.05, 4.69) is 17.6 Å². The summed E-state index contributed by atoms with van der Waals surface area (Å²) in [5.41, 5.74) is 1.42. The molecule has 2 amide bonds. The first kappa shape index (κ1) is 17.0. The van der Waals surface area contributed by atoms with Gasteiger partial charge in [0.15, 0.2) is 0 Å². The third-order valence-electron chi connectivity index (χ3n) is 4.89. The molecule has 1 aromatic carbocycles. The second kappa shape index (κ2) is 7.79. The van der Waals surface area contributed by atoms with Crippen LogP contribution in [0.2, 0.25) is 0 Å². The number of rotatable bonds is 6. The first-order chi connectivity index (χ1) is 11.6. The molecule has 0 bridgehead atoms. The van der Waals surface area contributed by atoms with Gasteiger partial charge in [-0.2, -0.15) is 0 Å². The number of hydrogen-bond donors (Lipinski definition) is 2. The van der Waals surface area contributed by atoms with Crippen LogP contribution in [-0.4, -0.2) is 42.4 Å². The number of amides is 2. The van der Waals surface area contributed by atoms with Crippen molar-refractivity contribution in [3.63, 3.8) is 0 Å². The summed E-state index contributed by atoms with van der Waals surface area (Å²) in [6.45, 7) is 4.21. The van der Waals surface area contributed by atoms with E-state index in [1.807, 2.05) is 4.90 Å². The molecule has 0 radical (unpaired) electrons. The Morgan fingerprint density at radius 2 is 1.88 bits per heavy atom. The Labute approximate surface area is 143 Å². The Morgan fingerprint density at radius 1 is 1.12 bits per heavy atom. The van der Waals surface area contributed by atoms with E-state index in [1.54, 1.807) is 24.3 Å². The Bertz CT molecular complexity index is 581. The molecule has 1 aliphatic heterocycles. The van der Waals surface area contributed by atoms with E-state index in [0.717, 1.165) is 37.5 Å². The molecule has 1 atom stereocenters. The van der Waals surface area contributed by atoms with Crippen molar-refractivity contribution in [2.24, 2.45) is 5.92 Å². The third kappa shape index (κ3) is 4.57. The van der Waals surface area contributed by atoms with Gasteiger partial charge < -0.3 is 15.5 Å². The molecule has 0 spiro atoms. The zero-order valence-corrected chi connectivity index (χ0v) is 14.4. The van der Waals surface area contributed by atoms with Crippen molar-refractivity contribution in [1.82, 2.24) is 10.2 Å². The van der Waals surface area contributed by atoms with Gasteiger partial charge in [-0.05, 0) is 75.8 Å². The van der Waals surface area contributed by atoms with Crippen molar-refractivity contribution in [1.29, 1.82) is 0 Å². The summed E-state index contributed by atoms with van der Waals surface area (Å²) in [7, 11) is 0. The zero-order valence-electron chi connectivity index (χ0n) is 14.4. The normalized spacial score (nSPS) is 20.7. The van der Waals surface area contributed by atoms with Crippen molar-refractivity contribution >= 4 is 17.5 Å². The van der Waals surface area contributed by atoms with Crippen molar-refractivity contribution in [2.75, 3.05) is 25.0 Å². The van der Waals surface area contributed by atoms with Crippen molar-refractivity contribution < 1.29 is 9.59 Å². The quantitative estimate of drug-likeness (QED) is 0.843. The molecule has 2 aliphatic rings. The number of anilines is 1. The largest absolute Gasteiger partial charge is 0.336 e. The number of carbonyl (C=O) groups excluding carboxylic acids is 2. The first-order valence-corrected chi connectivity index (χ1v) is 9.05. The van der Waals surface area contributed by atoms with E-state index < -0.39 is 0 Å². The van der Waals surface area contributed by atoms with Crippen molar-refractivity contribution in [2.45, 2.75) is 45.1 Å². The van der Waals surface area contributed by atoms with Gasteiger partial charge in [0, 0.05) is 23.8 Å². The van der Waals surface area contributed by atoms with Gasteiger partial charge in [-0.15, -0.1) is 0 Å². The fraction of sp³-hybridized carbons (Fsp3) is 0.579. The van der Waals surface area contributed by atoms with Gasteiger partial charge in [0.1, 0.15) is 0 Å². The number of piperidine rings is 1. The predicted octanol–water partition coefficient (Wildman–Crippen LogP) is 2.64. The zero-order chi connectivity index (χ0) is 16.9. The minimum atomic E-state index is -0.0422. The Morgan fingerprint density at radius 3 is 2.54 bits per heavy atom. The van der Waals surface area contributed by atoms with E-state index in [-0.39, 0.29) is 11.8 Å². The number of hydrogen-bond acceptors (Lipinski definition) is 3. The van der Waals surface area contributed by atoms with Crippen LogP contribution in [0.3, 0.4) is 0 Å². The topological polar surface area (TPSA) is 61.4 Å². The minimum absolute atomic E-state index is 0.0422. The van der Waals surface area contributed by atoms with Gasteiger partial charge in [0.05, 0.1) is 6.54 Å². The number of likely N-dealkylation sites (tertiary alicyclic amines) is 1. The van der Waals surface area contributed by atoms with E-state index in [0.29, 0.717) is 18.2 Å². The molecule has 1 saturated heterocycles. The maximum atomic E-state index is 12.6. The molecule has 1 unspecified atom stereocenters. The van der Waals surface area contributed by atoms with Crippen LogP contribution in [0.15, 0.2) is 24.3 Å².